The van der Waals surface area contributed by atoms with Crippen LogP contribution in [0.3, 0.4) is 0 Å². The highest BCUT2D eigenvalue weighted by molar-refractivity contribution is 5.76. The number of nitrogens with one attached hydrogen (secondary N) is 1. The van der Waals surface area contributed by atoms with Crippen molar-refractivity contribution in [1.29, 1.82) is 0 Å². The molecule has 12 heavy (non-hydrogen) atoms. The maximum absolute atomic E-state index is 11.0. The zero-order valence-electron chi connectivity index (χ0n) is 7.50. The second-order valence-corrected chi connectivity index (χ2v) is 2.97. The fourth-order valence-electron chi connectivity index (χ4n) is 1.48. The summed E-state index contributed by atoms with van der Waals surface area (Å²) in [4.78, 5) is 11.0. The van der Waals surface area contributed by atoms with Crippen LogP contribution in [0.15, 0.2) is 0 Å². The quantitative estimate of drug-likeness (QED) is 0.607. The van der Waals surface area contributed by atoms with E-state index in [0.717, 1.165) is 12.8 Å². The van der Waals surface area contributed by atoms with Gasteiger partial charge in [-0.2, -0.15) is 0 Å². The van der Waals surface area contributed by atoms with Gasteiger partial charge in [0.1, 0.15) is 6.04 Å². The average molecular weight is 173 g/mol. The Kier molecular flexibility index (Phi) is 3.49. The molecule has 1 fully saturated rings. The number of ether oxygens (including phenoxy) is 2. The van der Waals surface area contributed by atoms with E-state index in [1.807, 2.05) is 0 Å². The van der Waals surface area contributed by atoms with Crippen LogP contribution in [0, 0.1) is 0 Å². The molecular weight excluding hydrogens is 158 g/mol. The third-order valence-corrected chi connectivity index (χ3v) is 2.09. The lowest BCUT2D eigenvalue weighted by atomic mass is 10.2. The summed E-state index contributed by atoms with van der Waals surface area (Å²) in [5.41, 5.74) is 0. The molecule has 2 atom stereocenters. The molecule has 1 saturated heterocycles. The minimum atomic E-state index is -0.173. The molecule has 0 spiro atoms. The van der Waals surface area contributed by atoms with Gasteiger partial charge in [-0.15, -0.1) is 0 Å². The number of hydrogen-bond acceptors (Lipinski definition) is 4. The molecular formula is C8H15NO3. The molecule has 0 bridgehead atoms. The Morgan fingerprint density at radius 3 is 2.83 bits per heavy atom. The second kappa shape index (κ2) is 4.42. The summed E-state index contributed by atoms with van der Waals surface area (Å²) in [5.74, 6) is -0.173. The first-order chi connectivity index (χ1) is 5.77. The molecule has 1 aliphatic rings. The van der Waals surface area contributed by atoms with Crippen molar-refractivity contribution in [3.8, 4) is 0 Å². The van der Waals surface area contributed by atoms with Crippen LogP contribution in [0.25, 0.3) is 0 Å². The summed E-state index contributed by atoms with van der Waals surface area (Å²) < 4.78 is 9.59. The van der Waals surface area contributed by atoms with E-state index in [2.05, 4.69) is 10.1 Å². The molecule has 1 unspecified atom stereocenters. The highest BCUT2D eigenvalue weighted by Crippen LogP contribution is 2.13. The fourth-order valence-corrected chi connectivity index (χ4v) is 1.48. The third-order valence-electron chi connectivity index (χ3n) is 2.09. The van der Waals surface area contributed by atoms with Crippen molar-refractivity contribution in [3.63, 3.8) is 0 Å². The monoisotopic (exact) mass is 173 g/mol. The van der Waals surface area contributed by atoms with Crippen molar-refractivity contribution in [3.05, 3.63) is 0 Å². The van der Waals surface area contributed by atoms with Gasteiger partial charge in [-0.05, 0) is 12.8 Å². The predicted octanol–water partition coefficient (Wildman–Crippen LogP) is -0.0736. The van der Waals surface area contributed by atoms with Crippen molar-refractivity contribution < 1.29 is 14.3 Å². The van der Waals surface area contributed by atoms with Gasteiger partial charge in [0.2, 0.25) is 0 Å². The molecule has 0 aliphatic carbocycles. The Labute approximate surface area is 72.2 Å². The lowest BCUT2D eigenvalue weighted by molar-refractivity contribution is -0.142. The van der Waals surface area contributed by atoms with Gasteiger partial charge in [-0.25, -0.2) is 0 Å². The summed E-state index contributed by atoms with van der Waals surface area (Å²) >= 11 is 0. The van der Waals surface area contributed by atoms with Crippen LogP contribution in [0.1, 0.15) is 12.8 Å². The van der Waals surface area contributed by atoms with Crippen LogP contribution in [0.4, 0.5) is 0 Å². The van der Waals surface area contributed by atoms with E-state index >= 15 is 0 Å². The van der Waals surface area contributed by atoms with Gasteiger partial charge in [0, 0.05) is 13.2 Å². The van der Waals surface area contributed by atoms with E-state index in [4.69, 9.17) is 4.74 Å². The number of esters is 1. The van der Waals surface area contributed by atoms with Gasteiger partial charge >= 0.3 is 5.97 Å². The molecule has 0 aromatic carbocycles. The van der Waals surface area contributed by atoms with Crippen molar-refractivity contribution in [1.82, 2.24) is 5.32 Å². The lowest BCUT2D eigenvalue weighted by Crippen LogP contribution is -2.38. The Morgan fingerprint density at radius 1 is 1.50 bits per heavy atom. The molecule has 0 aromatic heterocycles. The first kappa shape index (κ1) is 9.48. The van der Waals surface area contributed by atoms with Gasteiger partial charge in [0.15, 0.2) is 0 Å². The third kappa shape index (κ3) is 2.19. The SMILES string of the molecule is COC[C@@H]1CCC(C(=O)OC)N1. The van der Waals surface area contributed by atoms with Gasteiger partial charge in [0.25, 0.3) is 0 Å². The minimum absolute atomic E-state index is 0.129. The lowest BCUT2D eigenvalue weighted by Gasteiger charge is -2.11. The minimum Gasteiger partial charge on any atom is -0.468 e. The van der Waals surface area contributed by atoms with Crippen LogP contribution < -0.4 is 5.32 Å². The molecule has 4 nitrogen and oxygen atoms in total. The summed E-state index contributed by atoms with van der Waals surface area (Å²) in [6.07, 6.45) is 1.83. The van der Waals surface area contributed by atoms with Crippen molar-refractivity contribution in [2.24, 2.45) is 0 Å². The Hall–Kier alpha value is -0.610. The molecule has 4 heteroatoms. The molecule has 0 saturated carbocycles. The van der Waals surface area contributed by atoms with Crippen molar-refractivity contribution >= 4 is 5.97 Å². The highest BCUT2D eigenvalue weighted by Gasteiger charge is 2.29. The van der Waals surface area contributed by atoms with E-state index in [1.165, 1.54) is 7.11 Å². The van der Waals surface area contributed by atoms with Crippen LogP contribution in [-0.2, 0) is 14.3 Å². The largest absolute Gasteiger partial charge is 0.468 e. The van der Waals surface area contributed by atoms with Gasteiger partial charge < -0.3 is 9.47 Å². The van der Waals surface area contributed by atoms with Crippen molar-refractivity contribution in [2.75, 3.05) is 20.8 Å². The topological polar surface area (TPSA) is 47.6 Å². The fraction of sp³-hybridized carbons (Fsp3) is 0.875. The maximum atomic E-state index is 11.0. The predicted molar refractivity (Wildman–Crippen MR) is 43.8 cm³/mol. The Balaban J connectivity index is 2.30. The normalized spacial score (nSPS) is 28.8. The first-order valence-electron chi connectivity index (χ1n) is 4.10. The molecule has 0 aromatic rings. The van der Waals surface area contributed by atoms with Crippen LogP contribution in [0.5, 0.6) is 0 Å². The number of carbonyl (C=O) groups excluding carboxylic acids is 1. The van der Waals surface area contributed by atoms with E-state index in [-0.39, 0.29) is 12.0 Å². The first-order valence-corrected chi connectivity index (χ1v) is 4.10. The molecule has 1 aliphatic heterocycles. The zero-order chi connectivity index (χ0) is 8.97. The van der Waals surface area contributed by atoms with E-state index < -0.39 is 0 Å². The van der Waals surface area contributed by atoms with E-state index in [9.17, 15) is 4.79 Å². The van der Waals surface area contributed by atoms with Gasteiger partial charge in [0.05, 0.1) is 13.7 Å². The van der Waals surface area contributed by atoms with Crippen molar-refractivity contribution in [2.45, 2.75) is 24.9 Å². The second-order valence-electron chi connectivity index (χ2n) is 2.97. The van der Waals surface area contributed by atoms with E-state index in [0.29, 0.717) is 12.6 Å². The molecule has 1 N–H and O–H groups in total. The van der Waals surface area contributed by atoms with Gasteiger partial charge in [-0.1, -0.05) is 0 Å². The number of rotatable bonds is 3. The highest BCUT2D eigenvalue weighted by atomic mass is 16.5. The number of methoxy groups -OCH3 is 2. The summed E-state index contributed by atoms with van der Waals surface area (Å²) in [5, 5.41) is 3.14. The summed E-state index contributed by atoms with van der Waals surface area (Å²) in [7, 11) is 3.07. The number of hydrogen-bond donors (Lipinski definition) is 1. The van der Waals surface area contributed by atoms with E-state index in [1.54, 1.807) is 7.11 Å². The standard InChI is InChI=1S/C8H15NO3/c1-11-5-6-3-4-7(9-6)8(10)12-2/h6-7,9H,3-5H2,1-2H3/t6-,7?/m0/s1. The Bertz CT molecular complexity index is 160. The maximum Gasteiger partial charge on any atom is 0.322 e. The smallest absolute Gasteiger partial charge is 0.322 e. The number of carbonyl (C=O) groups is 1. The van der Waals surface area contributed by atoms with Crippen LogP contribution in [0.2, 0.25) is 0 Å². The average Bonchev–Trinajstić information content (AvgIpc) is 2.52. The molecule has 0 amide bonds. The summed E-state index contributed by atoms with van der Waals surface area (Å²) in [6.45, 7) is 0.660. The molecule has 1 rings (SSSR count). The zero-order valence-corrected chi connectivity index (χ0v) is 7.50. The molecule has 70 valence electrons. The van der Waals surface area contributed by atoms with Gasteiger partial charge in [-0.3, -0.25) is 10.1 Å². The van der Waals surface area contributed by atoms with Crippen LogP contribution in [-0.4, -0.2) is 38.9 Å². The molecule has 1 heterocycles. The molecule has 0 radical (unpaired) electrons. The summed E-state index contributed by atoms with van der Waals surface area (Å²) in [6, 6.07) is 0.175. The Morgan fingerprint density at radius 2 is 2.25 bits per heavy atom. The van der Waals surface area contributed by atoms with Crippen LogP contribution >= 0.6 is 0 Å².